The zero-order valence-corrected chi connectivity index (χ0v) is 17.4. The third kappa shape index (κ3) is 6.02. The van der Waals surface area contributed by atoms with E-state index in [0.29, 0.717) is 10.9 Å². The van der Waals surface area contributed by atoms with Gasteiger partial charge in [0.2, 0.25) is 5.91 Å². The third-order valence-corrected chi connectivity index (χ3v) is 5.34. The fourth-order valence-corrected chi connectivity index (χ4v) is 3.38. The largest absolute Gasteiger partial charge is 0.341 e. The number of benzene rings is 1. The molecule has 1 aromatic carbocycles. The molecule has 1 unspecified atom stereocenters. The van der Waals surface area contributed by atoms with Gasteiger partial charge in [-0.1, -0.05) is 36.2 Å². The highest BCUT2D eigenvalue weighted by Crippen LogP contribution is 2.25. The summed E-state index contributed by atoms with van der Waals surface area (Å²) in [6.07, 6.45) is 1.97. The fraction of sp³-hybridized carbons (Fsp3) is 0.556. The smallest absolute Gasteiger partial charge is 0.253 e. The molecule has 0 saturated carbocycles. The number of hydrogen-bond acceptors (Lipinski definition) is 3. The second-order valence-electron chi connectivity index (χ2n) is 6.37. The van der Waals surface area contributed by atoms with Crippen LogP contribution in [-0.4, -0.2) is 48.9 Å². The number of rotatable bonds is 6. The minimum Gasteiger partial charge on any atom is -0.341 e. The first kappa shape index (κ1) is 23.0. The third-order valence-electron chi connectivity index (χ3n) is 4.52. The molecule has 26 heavy (non-hydrogen) atoms. The Balaban J connectivity index is 0.00000338. The molecule has 2 rings (SSSR count). The van der Waals surface area contributed by atoms with E-state index >= 15 is 0 Å². The molecule has 5 nitrogen and oxygen atoms in total. The summed E-state index contributed by atoms with van der Waals surface area (Å²) in [5.41, 5.74) is 0.276. The van der Waals surface area contributed by atoms with Crippen molar-refractivity contribution in [3.05, 3.63) is 33.8 Å². The van der Waals surface area contributed by atoms with Crippen LogP contribution < -0.4 is 10.6 Å². The molecule has 1 aliphatic heterocycles. The number of hydrogen-bond donors (Lipinski definition) is 2. The molecule has 1 atom stereocenters. The van der Waals surface area contributed by atoms with Gasteiger partial charge in [0.05, 0.1) is 15.6 Å². The van der Waals surface area contributed by atoms with Crippen LogP contribution >= 0.6 is 35.6 Å². The van der Waals surface area contributed by atoms with E-state index in [4.69, 9.17) is 23.2 Å². The highest BCUT2D eigenvalue weighted by Gasteiger charge is 2.27. The van der Waals surface area contributed by atoms with E-state index in [1.165, 1.54) is 0 Å². The Morgan fingerprint density at radius 2 is 1.92 bits per heavy atom. The first-order valence-corrected chi connectivity index (χ1v) is 9.44. The molecule has 1 heterocycles. The summed E-state index contributed by atoms with van der Waals surface area (Å²) in [5, 5.41) is 6.59. The Kier molecular flexibility index (Phi) is 9.72. The molecule has 0 radical (unpaired) electrons. The normalized spacial score (nSPS) is 15.9. The summed E-state index contributed by atoms with van der Waals surface area (Å²) in [5.74, 6) is 0.156. The molecule has 0 spiro atoms. The highest BCUT2D eigenvalue weighted by molar-refractivity contribution is 6.43. The fourth-order valence-electron chi connectivity index (χ4n) is 3.00. The first-order chi connectivity index (χ1) is 11.9. The van der Waals surface area contributed by atoms with E-state index in [0.717, 1.165) is 39.0 Å². The second-order valence-corrected chi connectivity index (χ2v) is 7.16. The summed E-state index contributed by atoms with van der Waals surface area (Å²) >= 11 is 12.0. The van der Waals surface area contributed by atoms with Crippen molar-refractivity contribution in [2.45, 2.75) is 32.7 Å². The Bertz CT molecular complexity index is 620. The standard InChI is InChI=1S/C18H25Cl2N3O2.ClH/c1-3-21-11-13-7-9-23(10-8-13)18(25)12(2)22-17(24)14-5-4-6-15(19)16(14)20;/h4-6,12-13,21H,3,7-11H2,1-2H3,(H,22,24);1H. The maximum atomic E-state index is 12.6. The minimum atomic E-state index is -0.604. The minimum absolute atomic E-state index is 0. The van der Waals surface area contributed by atoms with Gasteiger partial charge in [-0.2, -0.15) is 0 Å². The zero-order valence-electron chi connectivity index (χ0n) is 15.1. The van der Waals surface area contributed by atoms with Crippen LogP contribution in [0, 0.1) is 5.92 Å². The zero-order chi connectivity index (χ0) is 18.4. The number of carbonyl (C=O) groups excluding carboxylic acids is 2. The molecule has 1 aromatic rings. The van der Waals surface area contributed by atoms with Crippen molar-refractivity contribution < 1.29 is 9.59 Å². The van der Waals surface area contributed by atoms with Crippen LogP contribution in [-0.2, 0) is 4.79 Å². The van der Waals surface area contributed by atoms with E-state index < -0.39 is 11.9 Å². The van der Waals surface area contributed by atoms with Crippen LogP contribution in [0.4, 0.5) is 0 Å². The Morgan fingerprint density at radius 3 is 2.54 bits per heavy atom. The predicted molar refractivity (Wildman–Crippen MR) is 108 cm³/mol. The molecule has 1 aliphatic rings. The van der Waals surface area contributed by atoms with Crippen molar-refractivity contribution in [2.75, 3.05) is 26.2 Å². The molecule has 2 N–H and O–H groups in total. The van der Waals surface area contributed by atoms with Crippen molar-refractivity contribution in [2.24, 2.45) is 5.92 Å². The van der Waals surface area contributed by atoms with Crippen molar-refractivity contribution >= 4 is 47.4 Å². The monoisotopic (exact) mass is 421 g/mol. The maximum Gasteiger partial charge on any atom is 0.253 e. The van der Waals surface area contributed by atoms with Crippen LogP contribution in [0.5, 0.6) is 0 Å². The average Bonchev–Trinajstić information content (AvgIpc) is 2.61. The average molecular weight is 423 g/mol. The molecule has 8 heteroatoms. The molecule has 1 fully saturated rings. The van der Waals surface area contributed by atoms with Gasteiger partial charge in [-0.15, -0.1) is 12.4 Å². The SMILES string of the molecule is CCNCC1CCN(C(=O)C(C)NC(=O)c2cccc(Cl)c2Cl)CC1.Cl. The van der Waals surface area contributed by atoms with Crippen molar-refractivity contribution in [3.8, 4) is 0 Å². The predicted octanol–water partition coefficient (Wildman–Crippen LogP) is 3.38. The van der Waals surface area contributed by atoms with Crippen LogP contribution in [0.1, 0.15) is 37.0 Å². The van der Waals surface area contributed by atoms with Gasteiger partial charge in [-0.25, -0.2) is 0 Å². The van der Waals surface area contributed by atoms with Crippen LogP contribution in [0.3, 0.4) is 0 Å². The summed E-state index contributed by atoms with van der Waals surface area (Å²) in [4.78, 5) is 26.8. The topological polar surface area (TPSA) is 61.4 Å². The van der Waals surface area contributed by atoms with Gasteiger partial charge < -0.3 is 15.5 Å². The van der Waals surface area contributed by atoms with Crippen molar-refractivity contribution in [3.63, 3.8) is 0 Å². The van der Waals surface area contributed by atoms with E-state index in [1.54, 1.807) is 25.1 Å². The summed E-state index contributed by atoms with van der Waals surface area (Å²) in [7, 11) is 0. The van der Waals surface area contributed by atoms with E-state index in [-0.39, 0.29) is 28.9 Å². The van der Waals surface area contributed by atoms with E-state index in [9.17, 15) is 9.59 Å². The number of carbonyl (C=O) groups is 2. The van der Waals surface area contributed by atoms with Gasteiger partial charge in [0.25, 0.3) is 5.91 Å². The lowest BCUT2D eigenvalue weighted by Crippen LogP contribution is -2.50. The molecule has 146 valence electrons. The number of piperidine rings is 1. The number of amides is 2. The lowest BCUT2D eigenvalue weighted by Gasteiger charge is -2.33. The lowest BCUT2D eigenvalue weighted by atomic mass is 9.96. The van der Waals surface area contributed by atoms with Gasteiger partial charge in [0.1, 0.15) is 6.04 Å². The van der Waals surface area contributed by atoms with Gasteiger partial charge in [0, 0.05) is 13.1 Å². The maximum absolute atomic E-state index is 12.6. The first-order valence-electron chi connectivity index (χ1n) is 8.68. The number of nitrogens with zero attached hydrogens (tertiary/aromatic N) is 1. The van der Waals surface area contributed by atoms with Crippen LogP contribution in [0.2, 0.25) is 10.0 Å². The lowest BCUT2D eigenvalue weighted by molar-refractivity contribution is -0.134. The van der Waals surface area contributed by atoms with Gasteiger partial charge in [-0.05, 0) is 50.9 Å². The van der Waals surface area contributed by atoms with Gasteiger partial charge >= 0.3 is 0 Å². The molecular formula is C18H26Cl3N3O2. The summed E-state index contributed by atoms with van der Waals surface area (Å²) < 4.78 is 0. The second kappa shape index (κ2) is 11.0. The Morgan fingerprint density at radius 1 is 1.27 bits per heavy atom. The Labute approximate surface area is 171 Å². The molecule has 0 bridgehead atoms. The highest BCUT2D eigenvalue weighted by atomic mass is 35.5. The number of likely N-dealkylation sites (tertiary alicyclic amines) is 1. The molecule has 1 saturated heterocycles. The van der Waals surface area contributed by atoms with E-state index in [2.05, 4.69) is 17.6 Å². The molecule has 0 aliphatic carbocycles. The Hall–Kier alpha value is -1.01. The van der Waals surface area contributed by atoms with Gasteiger partial charge in [0.15, 0.2) is 0 Å². The van der Waals surface area contributed by atoms with Crippen molar-refractivity contribution in [1.29, 1.82) is 0 Å². The van der Waals surface area contributed by atoms with Gasteiger partial charge in [-0.3, -0.25) is 9.59 Å². The number of nitrogens with one attached hydrogen (secondary N) is 2. The van der Waals surface area contributed by atoms with E-state index in [1.807, 2.05) is 4.90 Å². The summed E-state index contributed by atoms with van der Waals surface area (Å²) in [6.45, 7) is 7.21. The van der Waals surface area contributed by atoms with Crippen LogP contribution in [0.15, 0.2) is 18.2 Å². The number of halogens is 3. The van der Waals surface area contributed by atoms with Crippen molar-refractivity contribution in [1.82, 2.24) is 15.5 Å². The molecular weight excluding hydrogens is 397 g/mol. The molecule has 0 aromatic heterocycles. The van der Waals surface area contributed by atoms with Crippen LogP contribution in [0.25, 0.3) is 0 Å². The molecule has 2 amide bonds. The quantitative estimate of drug-likeness (QED) is 0.739. The summed E-state index contributed by atoms with van der Waals surface area (Å²) in [6, 6.07) is 4.26.